The van der Waals surface area contributed by atoms with Crippen molar-refractivity contribution in [3.63, 3.8) is 0 Å². The summed E-state index contributed by atoms with van der Waals surface area (Å²) >= 11 is 0. The monoisotopic (exact) mass is 190 g/mol. The highest BCUT2D eigenvalue weighted by Gasteiger charge is 1.84. The summed E-state index contributed by atoms with van der Waals surface area (Å²) in [6.07, 6.45) is 7.26. The van der Waals surface area contributed by atoms with E-state index in [1.807, 2.05) is 0 Å². The van der Waals surface area contributed by atoms with Gasteiger partial charge in [0.15, 0.2) is 0 Å². The van der Waals surface area contributed by atoms with Gasteiger partial charge < -0.3 is 10.1 Å². The molecule has 0 radical (unpaired) electrons. The Morgan fingerprint density at radius 3 is 2.50 bits per heavy atom. The van der Waals surface area contributed by atoms with Crippen molar-refractivity contribution in [2.24, 2.45) is 0 Å². The largest absolute Gasteiger partial charge is 0.393 e. The van der Waals surface area contributed by atoms with Gasteiger partial charge in [-0.3, -0.25) is 0 Å². The Kier molecular flexibility index (Phi) is 11.7. The zero-order chi connectivity index (χ0) is 8.53. The summed E-state index contributed by atoms with van der Waals surface area (Å²) in [5.41, 5.74) is 0. The maximum atomic E-state index is 8.48. The fraction of sp³-hybridized carbons (Fsp3) is 0.375. The molecule has 12 heavy (non-hydrogen) atoms. The maximum Gasteiger partial charge on any atom is 0.0919 e. The number of rotatable bonds is 2. The Morgan fingerprint density at radius 1 is 1.75 bits per heavy atom. The summed E-state index contributed by atoms with van der Waals surface area (Å²) in [5, 5.41) is 8.48. The van der Waals surface area contributed by atoms with E-state index in [0.717, 1.165) is 0 Å². The van der Waals surface area contributed by atoms with Crippen molar-refractivity contribution in [2.45, 2.75) is 19.4 Å². The molecule has 0 bridgehead atoms. The number of aromatic nitrogens is 2. The first kappa shape index (κ1) is 13.8. The molecule has 0 aliphatic carbocycles. The summed E-state index contributed by atoms with van der Waals surface area (Å²) in [6, 6.07) is 0. The Morgan fingerprint density at radius 2 is 2.42 bits per heavy atom. The summed E-state index contributed by atoms with van der Waals surface area (Å²) in [6.45, 7) is 5.18. The van der Waals surface area contributed by atoms with E-state index in [1.165, 1.54) is 0 Å². The van der Waals surface area contributed by atoms with Gasteiger partial charge in [-0.05, 0) is 13.3 Å². The van der Waals surface area contributed by atoms with Crippen molar-refractivity contribution in [3.8, 4) is 0 Å². The molecule has 2 N–H and O–H groups in total. The Bertz CT molecular complexity index is 146. The lowest BCUT2D eigenvalue weighted by Gasteiger charge is -1.92. The minimum Gasteiger partial charge on any atom is -0.393 e. The van der Waals surface area contributed by atoms with Crippen LogP contribution in [0.1, 0.15) is 13.3 Å². The number of aliphatic hydroxyl groups is 1. The predicted molar refractivity (Wildman–Crippen MR) is 52.3 cm³/mol. The standard InChI is InChI=1S/C5H10O.C3H4N2.ClH/c1-3-4-5(2)6;1-2-5-3-4-1;/h3,5-6H,1,4H2,2H3;1-3H,(H,4,5);1H. The quantitative estimate of drug-likeness (QED) is 0.699. The zero-order valence-corrected chi connectivity index (χ0v) is 7.92. The van der Waals surface area contributed by atoms with E-state index < -0.39 is 0 Å². The summed E-state index contributed by atoms with van der Waals surface area (Å²) in [5.74, 6) is 0. The molecule has 4 heteroatoms. The Labute approximate surface area is 78.9 Å². The van der Waals surface area contributed by atoms with Crippen LogP contribution in [0.25, 0.3) is 0 Å². The molecule has 1 unspecified atom stereocenters. The average Bonchev–Trinajstić information content (AvgIpc) is 2.41. The molecular weight excluding hydrogens is 176 g/mol. The molecule has 0 aromatic carbocycles. The minimum atomic E-state index is -0.220. The highest BCUT2D eigenvalue weighted by Crippen LogP contribution is 1.85. The Hall–Kier alpha value is -0.800. The number of aromatic amines is 1. The SMILES string of the molecule is C=CCC(C)O.Cl.c1c[nH]cn1. The fourth-order valence-corrected chi connectivity index (χ4v) is 0.456. The Balaban J connectivity index is 0. The molecule has 0 spiro atoms. The molecule has 1 rings (SSSR count). The number of nitrogens with zero attached hydrogens (tertiary/aromatic N) is 1. The van der Waals surface area contributed by atoms with Gasteiger partial charge in [-0.25, -0.2) is 4.98 Å². The molecule has 3 nitrogen and oxygen atoms in total. The van der Waals surface area contributed by atoms with Gasteiger partial charge in [0, 0.05) is 12.4 Å². The number of hydrogen-bond acceptors (Lipinski definition) is 2. The van der Waals surface area contributed by atoms with Crippen LogP contribution in [0, 0.1) is 0 Å². The van der Waals surface area contributed by atoms with E-state index in [1.54, 1.807) is 31.7 Å². The number of halogens is 1. The second-order valence-corrected chi connectivity index (χ2v) is 2.13. The molecule has 1 atom stereocenters. The average molecular weight is 191 g/mol. The van der Waals surface area contributed by atoms with Crippen LogP contribution >= 0.6 is 12.4 Å². The van der Waals surface area contributed by atoms with Gasteiger partial charge in [-0.1, -0.05) is 6.08 Å². The number of imidazole rings is 1. The zero-order valence-electron chi connectivity index (χ0n) is 7.10. The number of aliphatic hydroxyl groups excluding tert-OH is 1. The van der Waals surface area contributed by atoms with E-state index in [-0.39, 0.29) is 18.5 Å². The predicted octanol–water partition coefficient (Wildman–Crippen LogP) is 1.77. The highest BCUT2D eigenvalue weighted by molar-refractivity contribution is 5.85. The molecule has 0 amide bonds. The lowest BCUT2D eigenvalue weighted by Crippen LogP contribution is -1.94. The first-order valence-corrected chi connectivity index (χ1v) is 3.49. The summed E-state index contributed by atoms with van der Waals surface area (Å²) in [4.78, 5) is 6.42. The third kappa shape index (κ3) is 11.9. The van der Waals surface area contributed by atoms with Crippen LogP contribution in [-0.4, -0.2) is 21.2 Å². The van der Waals surface area contributed by atoms with E-state index in [2.05, 4.69) is 16.5 Å². The molecule has 1 aromatic heterocycles. The molecule has 0 aliphatic heterocycles. The van der Waals surface area contributed by atoms with Crippen molar-refractivity contribution >= 4 is 12.4 Å². The van der Waals surface area contributed by atoms with Crippen LogP contribution in [0.3, 0.4) is 0 Å². The third-order valence-electron chi connectivity index (χ3n) is 0.914. The van der Waals surface area contributed by atoms with Gasteiger partial charge >= 0.3 is 0 Å². The summed E-state index contributed by atoms with van der Waals surface area (Å²) in [7, 11) is 0. The second kappa shape index (κ2) is 10.2. The minimum absolute atomic E-state index is 0. The summed E-state index contributed by atoms with van der Waals surface area (Å²) < 4.78 is 0. The number of H-pyrrole nitrogens is 1. The topological polar surface area (TPSA) is 48.9 Å². The molecule has 1 aromatic rings. The molecular formula is C8H15ClN2O. The van der Waals surface area contributed by atoms with Crippen molar-refractivity contribution in [2.75, 3.05) is 0 Å². The van der Waals surface area contributed by atoms with Crippen LogP contribution in [0.2, 0.25) is 0 Å². The number of nitrogens with one attached hydrogen (secondary N) is 1. The van der Waals surface area contributed by atoms with Crippen molar-refractivity contribution < 1.29 is 5.11 Å². The van der Waals surface area contributed by atoms with Gasteiger partial charge in [-0.15, -0.1) is 19.0 Å². The smallest absolute Gasteiger partial charge is 0.0919 e. The van der Waals surface area contributed by atoms with E-state index in [0.29, 0.717) is 6.42 Å². The lowest BCUT2D eigenvalue weighted by atomic mass is 10.3. The maximum absolute atomic E-state index is 8.48. The first-order chi connectivity index (χ1) is 5.27. The van der Waals surface area contributed by atoms with Crippen molar-refractivity contribution in [3.05, 3.63) is 31.4 Å². The molecule has 1 heterocycles. The normalized spacial score (nSPS) is 10.2. The van der Waals surface area contributed by atoms with Gasteiger partial charge in [0.25, 0.3) is 0 Å². The first-order valence-electron chi connectivity index (χ1n) is 3.49. The third-order valence-corrected chi connectivity index (χ3v) is 0.914. The lowest BCUT2D eigenvalue weighted by molar-refractivity contribution is 0.198. The van der Waals surface area contributed by atoms with E-state index >= 15 is 0 Å². The molecule has 0 aliphatic rings. The highest BCUT2D eigenvalue weighted by atomic mass is 35.5. The van der Waals surface area contributed by atoms with Crippen LogP contribution in [-0.2, 0) is 0 Å². The van der Waals surface area contributed by atoms with Crippen LogP contribution < -0.4 is 0 Å². The van der Waals surface area contributed by atoms with Crippen LogP contribution in [0.5, 0.6) is 0 Å². The van der Waals surface area contributed by atoms with E-state index in [4.69, 9.17) is 5.11 Å². The second-order valence-electron chi connectivity index (χ2n) is 2.13. The van der Waals surface area contributed by atoms with Gasteiger partial charge in [-0.2, -0.15) is 0 Å². The van der Waals surface area contributed by atoms with Gasteiger partial charge in [0.1, 0.15) is 0 Å². The number of hydrogen-bond donors (Lipinski definition) is 2. The van der Waals surface area contributed by atoms with Crippen molar-refractivity contribution in [1.82, 2.24) is 9.97 Å². The molecule has 0 saturated carbocycles. The molecule has 0 fully saturated rings. The van der Waals surface area contributed by atoms with Crippen molar-refractivity contribution in [1.29, 1.82) is 0 Å². The van der Waals surface area contributed by atoms with Crippen LogP contribution in [0.4, 0.5) is 0 Å². The molecule has 70 valence electrons. The van der Waals surface area contributed by atoms with E-state index in [9.17, 15) is 0 Å². The fourth-order valence-electron chi connectivity index (χ4n) is 0.456. The molecule has 0 saturated heterocycles. The van der Waals surface area contributed by atoms with Gasteiger partial charge in [0.05, 0.1) is 12.4 Å². The van der Waals surface area contributed by atoms with Crippen LogP contribution in [0.15, 0.2) is 31.4 Å². The van der Waals surface area contributed by atoms with Gasteiger partial charge in [0.2, 0.25) is 0 Å².